The van der Waals surface area contributed by atoms with E-state index in [4.69, 9.17) is 4.74 Å². The highest BCUT2D eigenvalue weighted by Gasteiger charge is 2.18. The van der Waals surface area contributed by atoms with Crippen LogP contribution in [0.2, 0.25) is 0 Å². The van der Waals surface area contributed by atoms with Gasteiger partial charge in [-0.3, -0.25) is 5.32 Å². The van der Waals surface area contributed by atoms with Gasteiger partial charge in [-0.25, -0.2) is 14.2 Å². The zero-order valence-corrected chi connectivity index (χ0v) is 14.0. The highest BCUT2D eigenvalue weighted by Crippen LogP contribution is 2.25. The van der Waals surface area contributed by atoms with Crippen molar-refractivity contribution in [1.82, 2.24) is 10.1 Å². The summed E-state index contributed by atoms with van der Waals surface area (Å²) in [6, 6.07) is 2.79. The van der Waals surface area contributed by atoms with Crippen LogP contribution in [-0.2, 0) is 4.74 Å². The molecule has 2 aromatic rings. The molecule has 0 unspecified atom stereocenters. The van der Waals surface area contributed by atoms with Crippen LogP contribution in [0.4, 0.5) is 20.7 Å². The summed E-state index contributed by atoms with van der Waals surface area (Å²) >= 11 is 0.954. The van der Waals surface area contributed by atoms with Gasteiger partial charge in [-0.05, 0) is 27.7 Å². The van der Waals surface area contributed by atoms with Crippen LogP contribution in [-0.4, -0.2) is 21.8 Å². The summed E-state index contributed by atoms with van der Waals surface area (Å²) < 4.78 is 26.7. The summed E-state index contributed by atoms with van der Waals surface area (Å²) in [6.45, 7) is 6.89. The number of carbonyl (C=O) groups is 1. The Balaban J connectivity index is 2.06. The number of nitrogens with zero attached hydrogens (tertiary/aromatic N) is 2. The first kappa shape index (κ1) is 17.1. The van der Waals surface area contributed by atoms with E-state index in [2.05, 4.69) is 24.7 Å². The maximum atomic E-state index is 14.1. The Labute approximate surface area is 137 Å². The molecule has 0 aliphatic carbocycles. The first-order chi connectivity index (χ1) is 10.7. The number of ether oxygens (including phenoxy) is 1. The average molecular weight is 340 g/mol. The lowest BCUT2D eigenvalue weighted by atomic mass is 10.2. The molecule has 0 bridgehead atoms. The van der Waals surface area contributed by atoms with Gasteiger partial charge in [0.25, 0.3) is 0 Å². The smallest absolute Gasteiger partial charge is 0.412 e. The van der Waals surface area contributed by atoms with Crippen molar-refractivity contribution >= 4 is 29.5 Å². The number of hydrogen-bond donors (Lipinski definition) is 2. The average Bonchev–Trinajstić information content (AvgIpc) is 2.92. The molecule has 0 radical (unpaired) electrons. The fourth-order valence-electron chi connectivity index (χ4n) is 1.54. The van der Waals surface area contributed by atoms with Crippen LogP contribution in [0.1, 0.15) is 26.5 Å². The van der Waals surface area contributed by atoms with Gasteiger partial charge in [0, 0.05) is 24.1 Å². The summed E-state index contributed by atoms with van der Waals surface area (Å²) in [5.41, 5.74) is 0.0746. The molecular formula is C14H17FN4O3S. The van der Waals surface area contributed by atoms with Crippen molar-refractivity contribution in [3.8, 4) is 0 Å². The number of anilines is 2. The van der Waals surface area contributed by atoms with Crippen molar-refractivity contribution < 1.29 is 18.4 Å². The number of carbonyl (C=O) groups excluding carboxylic acids is 1. The zero-order valence-electron chi connectivity index (χ0n) is 13.1. The molecule has 9 heteroatoms. The summed E-state index contributed by atoms with van der Waals surface area (Å²) in [6.07, 6.45) is 0.731. The lowest BCUT2D eigenvalue weighted by Gasteiger charge is -2.20. The van der Waals surface area contributed by atoms with Gasteiger partial charge >= 0.3 is 6.09 Å². The fraction of sp³-hybridized carbons (Fsp3) is 0.357. The van der Waals surface area contributed by atoms with Crippen LogP contribution in [0.15, 0.2) is 27.9 Å². The molecule has 124 valence electrons. The second kappa shape index (κ2) is 6.86. The third kappa shape index (κ3) is 5.13. The number of hydrogen-bond acceptors (Lipinski definition) is 7. The Morgan fingerprint density at radius 1 is 1.43 bits per heavy atom. The molecule has 23 heavy (non-hydrogen) atoms. The van der Waals surface area contributed by atoms with Crippen LogP contribution in [0.5, 0.6) is 0 Å². The molecule has 1 amide bonds. The van der Waals surface area contributed by atoms with Gasteiger partial charge < -0.3 is 14.0 Å². The third-order valence-corrected chi connectivity index (χ3v) is 3.25. The van der Waals surface area contributed by atoms with Crippen LogP contribution in [0.3, 0.4) is 0 Å². The van der Waals surface area contributed by atoms with Crippen molar-refractivity contribution in [3.63, 3.8) is 0 Å². The number of aryl methyl sites for hydroxylation is 1. The van der Waals surface area contributed by atoms with E-state index >= 15 is 0 Å². The highest BCUT2D eigenvalue weighted by molar-refractivity contribution is 8.00. The maximum Gasteiger partial charge on any atom is 0.412 e. The predicted molar refractivity (Wildman–Crippen MR) is 84.8 cm³/mol. The molecule has 2 N–H and O–H groups in total. The molecule has 0 atom stereocenters. The van der Waals surface area contributed by atoms with Crippen LogP contribution in [0.25, 0.3) is 0 Å². The van der Waals surface area contributed by atoms with E-state index in [1.54, 1.807) is 33.8 Å². The molecule has 0 fully saturated rings. The molecule has 2 heterocycles. The highest BCUT2D eigenvalue weighted by atomic mass is 32.2. The van der Waals surface area contributed by atoms with E-state index in [9.17, 15) is 9.18 Å². The van der Waals surface area contributed by atoms with Crippen molar-refractivity contribution in [2.24, 2.45) is 0 Å². The molecule has 7 nitrogen and oxygen atoms in total. The van der Waals surface area contributed by atoms with E-state index < -0.39 is 17.5 Å². The minimum absolute atomic E-state index is 0.125. The lowest BCUT2D eigenvalue weighted by molar-refractivity contribution is 0.0635. The normalized spacial score (nSPS) is 11.2. The van der Waals surface area contributed by atoms with Crippen molar-refractivity contribution in [1.29, 1.82) is 0 Å². The van der Waals surface area contributed by atoms with Gasteiger partial charge in [-0.2, -0.15) is 0 Å². The fourth-order valence-corrected chi connectivity index (χ4v) is 2.18. The van der Waals surface area contributed by atoms with Crippen molar-refractivity contribution in [2.45, 2.75) is 38.3 Å². The molecular weight excluding hydrogens is 323 g/mol. The van der Waals surface area contributed by atoms with Gasteiger partial charge in [0.2, 0.25) is 0 Å². The molecule has 0 aromatic carbocycles. The van der Waals surface area contributed by atoms with Crippen LogP contribution >= 0.6 is 11.9 Å². The second-order valence-electron chi connectivity index (χ2n) is 5.62. The summed E-state index contributed by atoms with van der Waals surface area (Å²) in [4.78, 5) is 15.9. The molecule has 2 rings (SSSR count). The van der Waals surface area contributed by atoms with Crippen molar-refractivity contribution in [3.05, 3.63) is 29.9 Å². The second-order valence-corrected chi connectivity index (χ2v) is 6.42. The van der Waals surface area contributed by atoms with Crippen molar-refractivity contribution in [2.75, 3.05) is 10.0 Å². The zero-order chi connectivity index (χ0) is 17.0. The molecule has 0 spiro atoms. The quantitative estimate of drug-likeness (QED) is 0.814. The Kier molecular flexibility index (Phi) is 5.09. The standard InChI is InChI=1S/C14H17FN4O3S/c1-8-10(17-13(20)22-14(2,3)4)7-9(15)12(16-8)23-19-11-5-6-21-18-11/h5-7H,1-4H3,(H,17,20)(H,18,19). The first-order valence-corrected chi connectivity index (χ1v) is 7.56. The third-order valence-electron chi connectivity index (χ3n) is 2.46. The Morgan fingerprint density at radius 3 is 2.78 bits per heavy atom. The number of nitrogens with one attached hydrogen (secondary N) is 2. The van der Waals surface area contributed by atoms with Gasteiger partial charge in [-0.15, -0.1) is 0 Å². The largest absolute Gasteiger partial charge is 0.444 e. The SMILES string of the molecule is Cc1nc(SNc2ccon2)c(F)cc1NC(=O)OC(C)(C)C. The number of amides is 1. The maximum absolute atomic E-state index is 14.1. The summed E-state index contributed by atoms with van der Waals surface area (Å²) in [7, 11) is 0. The molecule has 2 aromatic heterocycles. The molecule has 0 saturated carbocycles. The Hall–Kier alpha value is -2.29. The Morgan fingerprint density at radius 2 is 2.17 bits per heavy atom. The molecule has 0 aliphatic heterocycles. The van der Waals surface area contributed by atoms with Crippen LogP contribution in [0, 0.1) is 12.7 Å². The molecule has 0 saturated heterocycles. The summed E-state index contributed by atoms with van der Waals surface area (Å²) in [5, 5.41) is 6.25. The predicted octanol–water partition coefficient (Wildman–Crippen LogP) is 3.98. The topological polar surface area (TPSA) is 89.3 Å². The van der Waals surface area contributed by atoms with E-state index in [1.807, 2.05) is 0 Å². The lowest BCUT2D eigenvalue weighted by Crippen LogP contribution is -2.27. The van der Waals surface area contributed by atoms with Gasteiger partial charge in [0.05, 0.1) is 11.4 Å². The van der Waals surface area contributed by atoms with Crippen LogP contribution < -0.4 is 10.0 Å². The number of pyridine rings is 1. The number of halogens is 1. The van der Waals surface area contributed by atoms with E-state index in [-0.39, 0.29) is 10.7 Å². The van der Waals surface area contributed by atoms with Gasteiger partial charge in [0.1, 0.15) is 11.9 Å². The monoisotopic (exact) mass is 340 g/mol. The number of aromatic nitrogens is 2. The number of rotatable bonds is 4. The minimum atomic E-state index is -0.664. The van der Waals surface area contributed by atoms with E-state index in [0.717, 1.165) is 11.9 Å². The summed E-state index contributed by atoms with van der Waals surface area (Å²) in [5.74, 6) is -0.132. The first-order valence-electron chi connectivity index (χ1n) is 6.75. The Bertz CT molecular complexity index is 686. The molecule has 0 aliphatic rings. The van der Waals surface area contributed by atoms with E-state index in [0.29, 0.717) is 11.5 Å². The van der Waals surface area contributed by atoms with Gasteiger partial charge in [-0.1, -0.05) is 5.16 Å². The van der Waals surface area contributed by atoms with Gasteiger partial charge in [0.15, 0.2) is 16.7 Å². The van der Waals surface area contributed by atoms with E-state index in [1.165, 1.54) is 12.3 Å². The minimum Gasteiger partial charge on any atom is -0.444 e.